The second kappa shape index (κ2) is 4.79. The van der Waals surface area contributed by atoms with Crippen molar-refractivity contribution in [3.05, 3.63) is 30.3 Å². The summed E-state index contributed by atoms with van der Waals surface area (Å²) in [7, 11) is 2.27. The lowest BCUT2D eigenvalue weighted by Gasteiger charge is -2.32. The molecule has 0 spiro atoms. The Bertz CT molecular complexity index is 903. The van der Waals surface area contributed by atoms with E-state index in [1.807, 2.05) is 0 Å². The van der Waals surface area contributed by atoms with Gasteiger partial charge in [-0.25, -0.2) is 4.98 Å². The number of aromatic nitrogens is 2. The lowest BCUT2D eigenvalue weighted by atomic mass is 9.78. The standard InChI is InChI=1S/C17H20BN2O2P/c1-16(2)17(3,4)22-18(21-16)11-6-7-12-10(9-11)5-8-13-14(12)20-15(23)19-13/h5-9H,23H2,1-4H3,(H,19,20). The van der Waals surface area contributed by atoms with E-state index in [1.165, 1.54) is 0 Å². The fourth-order valence-corrected chi connectivity index (χ4v) is 3.25. The van der Waals surface area contributed by atoms with Crippen LogP contribution in [-0.2, 0) is 9.31 Å². The van der Waals surface area contributed by atoms with Crippen molar-refractivity contribution in [1.82, 2.24) is 9.97 Å². The molecule has 1 N–H and O–H groups in total. The summed E-state index contributed by atoms with van der Waals surface area (Å²) in [5.74, 6) is 0. The predicted molar refractivity (Wildman–Crippen MR) is 98.7 cm³/mol. The van der Waals surface area contributed by atoms with Crippen LogP contribution in [0.2, 0.25) is 0 Å². The summed E-state index contributed by atoms with van der Waals surface area (Å²) in [6, 6.07) is 10.5. The second-order valence-corrected chi connectivity index (χ2v) is 7.70. The van der Waals surface area contributed by atoms with E-state index >= 15 is 0 Å². The third-order valence-corrected chi connectivity index (χ3v) is 5.31. The lowest BCUT2D eigenvalue weighted by Crippen LogP contribution is -2.41. The van der Waals surface area contributed by atoms with Gasteiger partial charge in [0.25, 0.3) is 0 Å². The highest BCUT2D eigenvalue weighted by molar-refractivity contribution is 7.26. The van der Waals surface area contributed by atoms with Crippen molar-refractivity contribution in [2.45, 2.75) is 38.9 Å². The third kappa shape index (κ3) is 2.30. The maximum Gasteiger partial charge on any atom is 0.494 e. The molecule has 23 heavy (non-hydrogen) atoms. The minimum atomic E-state index is -0.337. The first-order valence-corrected chi connectivity index (χ1v) is 8.38. The van der Waals surface area contributed by atoms with Crippen LogP contribution in [-0.4, -0.2) is 28.3 Å². The normalized spacial score (nSPS) is 19.8. The maximum atomic E-state index is 6.14. The van der Waals surface area contributed by atoms with Crippen molar-refractivity contribution in [3.8, 4) is 0 Å². The van der Waals surface area contributed by atoms with Crippen LogP contribution in [0, 0.1) is 0 Å². The van der Waals surface area contributed by atoms with Crippen LogP contribution in [0.15, 0.2) is 30.3 Å². The molecular formula is C17H20BN2O2P. The zero-order chi connectivity index (χ0) is 16.4. The first-order chi connectivity index (χ1) is 10.8. The van der Waals surface area contributed by atoms with Gasteiger partial charge in [-0.3, -0.25) is 0 Å². The molecule has 118 valence electrons. The number of nitrogens with zero attached hydrogens (tertiary/aromatic N) is 1. The summed E-state index contributed by atoms with van der Waals surface area (Å²) in [6.07, 6.45) is 0. The van der Waals surface area contributed by atoms with Crippen LogP contribution in [0.1, 0.15) is 27.7 Å². The van der Waals surface area contributed by atoms with Crippen molar-refractivity contribution >= 4 is 49.2 Å². The van der Waals surface area contributed by atoms with E-state index in [0.717, 1.165) is 32.8 Å². The highest BCUT2D eigenvalue weighted by Crippen LogP contribution is 2.36. The van der Waals surface area contributed by atoms with E-state index in [4.69, 9.17) is 9.31 Å². The van der Waals surface area contributed by atoms with E-state index < -0.39 is 0 Å². The van der Waals surface area contributed by atoms with E-state index in [-0.39, 0.29) is 18.3 Å². The van der Waals surface area contributed by atoms with Crippen molar-refractivity contribution < 1.29 is 9.31 Å². The van der Waals surface area contributed by atoms with Gasteiger partial charge >= 0.3 is 7.12 Å². The summed E-state index contributed by atoms with van der Waals surface area (Å²) in [4.78, 5) is 7.80. The Morgan fingerprint density at radius 1 is 1.04 bits per heavy atom. The van der Waals surface area contributed by atoms with Gasteiger partial charge in [-0.05, 0) is 44.6 Å². The molecule has 4 rings (SSSR count). The zero-order valence-electron chi connectivity index (χ0n) is 13.8. The molecule has 6 heteroatoms. The number of rotatable bonds is 1. The smallest absolute Gasteiger partial charge is 0.399 e. The molecular weight excluding hydrogens is 306 g/mol. The molecule has 0 radical (unpaired) electrons. The van der Waals surface area contributed by atoms with Crippen LogP contribution in [0.5, 0.6) is 0 Å². The largest absolute Gasteiger partial charge is 0.494 e. The number of aromatic amines is 1. The first kappa shape index (κ1) is 15.1. The van der Waals surface area contributed by atoms with E-state index in [1.54, 1.807) is 0 Å². The van der Waals surface area contributed by atoms with Gasteiger partial charge in [0.1, 0.15) is 5.57 Å². The highest BCUT2D eigenvalue weighted by atomic mass is 31.0. The zero-order valence-corrected chi connectivity index (χ0v) is 15.0. The Hall–Kier alpha value is -1.42. The van der Waals surface area contributed by atoms with Crippen LogP contribution in [0.3, 0.4) is 0 Å². The number of hydrogen-bond donors (Lipinski definition) is 1. The topological polar surface area (TPSA) is 47.1 Å². The number of nitrogens with one attached hydrogen (secondary N) is 1. The number of hydrogen-bond acceptors (Lipinski definition) is 3. The summed E-state index contributed by atoms with van der Waals surface area (Å²) in [5.41, 5.74) is 3.28. The molecule has 1 aliphatic rings. The lowest BCUT2D eigenvalue weighted by molar-refractivity contribution is 0.00578. The summed E-state index contributed by atoms with van der Waals surface area (Å²) >= 11 is 0. The van der Waals surface area contributed by atoms with Crippen molar-refractivity contribution in [2.24, 2.45) is 0 Å². The SMILES string of the molecule is CC1(C)OB(c2ccc3c(ccc4[nH]c(P)nc43)c2)OC1(C)C. The Labute approximate surface area is 138 Å². The molecule has 1 atom stereocenters. The monoisotopic (exact) mass is 326 g/mol. The number of H-pyrrole nitrogens is 1. The number of fused-ring (bicyclic) bond motifs is 3. The van der Waals surface area contributed by atoms with Crippen molar-refractivity contribution in [2.75, 3.05) is 0 Å². The molecule has 0 aliphatic carbocycles. The van der Waals surface area contributed by atoms with Crippen LogP contribution < -0.4 is 11.0 Å². The van der Waals surface area contributed by atoms with Gasteiger partial charge in [0.2, 0.25) is 0 Å². The first-order valence-electron chi connectivity index (χ1n) is 7.80. The van der Waals surface area contributed by atoms with Crippen LogP contribution in [0.25, 0.3) is 21.8 Å². The summed E-state index contributed by atoms with van der Waals surface area (Å²) < 4.78 is 12.3. The maximum absolute atomic E-state index is 6.14. The van der Waals surface area contributed by atoms with E-state index in [9.17, 15) is 0 Å². The molecule has 1 aliphatic heterocycles. The molecule has 0 amide bonds. The predicted octanol–water partition coefficient (Wildman–Crippen LogP) is 2.52. The summed E-state index contributed by atoms with van der Waals surface area (Å²) in [6.45, 7) is 8.28. The van der Waals surface area contributed by atoms with Gasteiger partial charge in [0.05, 0.1) is 22.2 Å². The third-order valence-electron chi connectivity index (χ3n) is 5.04. The molecule has 0 bridgehead atoms. The van der Waals surface area contributed by atoms with Crippen molar-refractivity contribution in [1.29, 1.82) is 0 Å². The number of benzene rings is 2. The van der Waals surface area contributed by atoms with Gasteiger partial charge in [0, 0.05) is 5.39 Å². The number of imidazole rings is 1. The van der Waals surface area contributed by atoms with Gasteiger partial charge in [-0.2, -0.15) is 0 Å². The van der Waals surface area contributed by atoms with Crippen molar-refractivity contribution in [3.63, 3.8) is 0 Å². The van der Waals surface area contributed by atoms with E-state index in [0.29, 0.717) is 0 Å². The van der Waals surface area contributed by atoms with E-state index in [2.05, 4.69) is 77.2 Å². The van der Waals surface area contributed by atoms with Crippen LogP contribution in [0.4, 0.5) is 0 Å². The molecule has 3 aromatic rings. The average molecular weight is 326 g/mol. The molecule has 4 nitrogen and oxygen atoms in total. The van der Waals surface area contributed by atoms with Crippen LogP contribution >= 0.6 is 9.24 Å². The molecule has 2 heterocycles. The Morgan fingerprint density at radius 2 is 1.74 bits per heavy atom. The van der Waals surface area contributed by atoms with Gasteiger partial charge in [0.15, 0.2) is 0 Å². The molecule has 1 fully saturated rings. The highest BCUT2D eigenvalue weighted by Gasteiger charge is 2.51. The van der Waals surface area contributed by atoms with Gasteiger partial charge in [-0.1, -0.05) is 33.5 Å². The Kier molecular flexibility index (Phi) is 3.15. The second-order valence-electron chi connectivity index (χ2n) is 7.15. The fourth-order valence-electron chi connectivity index (χ4n) is 2.97. The fraction of sp³-hybridized carbons (Fsp3) is 0.353. The molecule has 0 saturated carbocycles. The quantitative estimate of drug-likeness (QED) is 0.552. The molecule has 1 unspecified atom stereocenters. The Balaban J connectivity index is 1.80. The summed E-state index contributed by atoms with van der Waals surface area (Å²) in [5, 5.41) is 2.27. The van der Waals surface area contributed by atoms with Gasteiger partial charge in [-0.15, -0.1) is 0 Å². The molecule has 1 saturated heterocycles. The average Bonchev–Trinajstić information content (AvgIpc) is 2.95. The minimum Gasteiger partial charge on any atom is -0.399 e. The molecule has 2 aromatic carbocycles. The molecule has 1 aromatic heterocycles. The van der Waals surface area contributed by atoms with Gasteiger partial charge < -0.3 is 14.3 Å². The Morgan fingerprint density at radius 3 is 2.43 bits per heavy atom. The minimum absolute atomic E-state index is 0.326.